The fourth-order valence-electron chi connectivity index (χ4n) is 1.53. The lowest BCUT2D eigenvalue weighted by atomic mass is 10.2. The maximum Gasteiger partial charge on any atom is 0.451 e. The molecule has 2 aromatic rings. The van der Waals surface area contributed by atoms with Crippen LogP contribution in [0.5, 0.6) is 0 Å². The zero-order valence-corrected chi connectivity index (χ0v) is 12.7. The number of benzene rings is 1. The number of hydrogen-bond acceptors (Lipinski definition) is 3. The lowest BCUT2D eigenvalue weighted by molar-refractivity contribution is -0.144. The van der Waals surface area contributed by atoms with E-state index in [1.165, 1.54) is 6.07 Å². The van der Waals surface area contributed by atoms with Crippen LogP contribution >= 0.6 is 27.5 Å². The fraction of sp³-hybridized carbons (Fsp3) is 0.167. The summed E-state index contributed by atoms with van der Waals surface area (Å²) in [4.78, 5) is 6.44. The highest BCUT2D eigenvalue weighted by atomic mass is 79.9. The standard InChI is InChI=1S/C12H7BrClF4N3/c1-5-2-6(13)7(15)3-8(5)19-10-4-9(14)20-11(21-10)12(16,17)18/h2-4H,1H3,(H,19,20,21). The quantitative estimate of drug-likeness (QED) is 0.578. The van der Waals surface area contributed by atoms with Gasteiger partial charge in [-0.15, -0.1) is 0 Å². The molecule has 1 aromatic heterocycles. The van der Waals surface area contributed by atoms with Gasteiger partial charge in [0.05, 0.1) is 4.47 Å². The van der Waals surface area contributed by atoms with Gasteiger partial charge in [0.1, 0.15) is 16.8 Å². The van der Waals surface area contributed by atoms with Crippen LogP contribution in [-0.4, -0.2) is 9.97 Å². The van der Waals surface area contributed by atoms with Crippen LogP contribution in [0.2, 0.25) is 5.15 Å². The van der Waals surface area contributed by atoms with E-state index in [1.54, 1.807) is 6.92 Å². The Hall–Kier alpha value is -1.41. The lowest BCUT2D eigenvalue weighted by Gasteiger charge is -2.12. The summed E-state index contributed by atoms with van der Waals surface area (Å²) in [5.74, 6) is -2.10. The number of aryl methyl sites for hydroxylation is 1. The SMILES string of the molecule is Cc1cc(Br)c(F)cc1Nc1cc(Cl)nc(C(F)(F)F)n1. The van der Waals surface area contributed by atoms with Crippen molar-refractivity contribution >= 4 is 39.0 Å². The summed E-state index contributed by atoms with van der Waals surface area (Å²) < 4.78 is 51.6. The minimum absolute atomic E-state index is 0.174. The molecular weight excluding hydrogens is 378 g/mol. The molecule has 0 radical (unpaired) electrons. The van der Waals surface area contributed by atoms with Gasteiger partial charge in [0.25, 0.3) is 0 Å². The van der Waals surface area contributed by atoms with Crippen molar-refractivity contribution in [2.24, 2.45) is 0 Å². The number of rotatable bonds is 2. The molecule has 0 aliphatic rings. The molecule has 1 N–H and O–H groups in total. The van der Waals surface area contributed by atoms with Crippen molar-refractivity contribution in [3.8, 4) is 0 Å². The van der Waals surface area contributed by atoms with E-state index in [0.717, 1.165) is 12.1 Å². The Morgan fingerprint density at radius 3 is 2.48 bits per heavy atom. The van der Waals surface area contributed by atoms with Crippen LogP contribution < -0.4 is 5.32 Å². The van der Waals surface area contributed by atoms with Gasteiger partial charge in [0, 0.05) is 11.8 Å². The minimum Gasteiger partial charge on any atom is -0.340 e. The molecule has 0 saturated carbocycles. The molecule has 2 rings (SSSR count). The highest BCUT2D eigenvalue weighted by Crippen LogP contribution is 2.30. The Kier molecular flexibility index (Phi) is 4.38. The maximum absolute atomic E-state index is 13.5. The first-order valence-corrected chi connectivity index (χ1v) is 6.68. The molecule has 0 fully saturated rings. The summed E-state index contributed by atoms with van der Waals surface area (Å²) in [6, 6.07) is 3.75. The predicted molar refractivity (Wildman–Crippen MR) is 74.2 cm³/mol. The Labute approximate surface area is 130 Å². The van der Waals surface area contributed by atoms with Gasteiger partial charge in [-0.05, 0) is 40.5 Å². The molecule has 0 amide bonds. The normalized spacial score (nSPS) is 11.6. The van der Waals surface area contributed by atoms with E-state index in [4.69, 9.17) is 11.6 Å². The Balaban J connectivity index is 2.40. The van der Waals surface area contributed by atoms with Gasteiger partial charge in [-0.3, -0.25) is 0 Å². The van der Waals surface area contributed by atoms with Crippen LogP contribution in [-0.2, 0) is 6.18 Å². The number of nitrogens with one attached hydrogen (secondary N) is 1. The number of alkyl halides is 3. The van der Waals surface area contributed by atoms with E-state index in [1.807, 2.05) is 0 Å². The molecule has 112 valence electrons. The number of halogens is 6. The van der Waals surface area contributed by atoms with Gasteiger partial charge in [-0.2, -0.15) is 13.2 Å². The van der Waals surface area contributed by atoms with Crippen molar-refractivity contribution < 1.29 is 17.6 Å². The summed E-state index contributed by atoms with van der Waals surface area (Å²) in [7, 11) is 0. The molecule has 1 heterocycles. The predicted octanol–water partition coefficient (Wildman–Crippen LogP) is 5.10. The molecule has 21 heavy (non-hydrogen) atoms. The first-order chi connectivity index (χ1) is 9.66. The molecule has 0 aliphatic carbocycles. The Morgan fingerprint density at radius 2 is 1.86 bits per heavy atom. The van der Waals surface area contributed by atoms with Crippen LogP contribution in [0.15, 0.2) is 22.7 Å². The third kappa shape index (κ3) is 3.82. The van der Waals surface area contributed by atoms with Gasteiger partial charge in [-0.25, -0.2) is 14.4 Å². The second kappa shape index (κ2) is 5.76. The van der Waals surface area contributed by atoms with E-state index in [0.29, 0.717) is 5.56 Å². The van der Waals surface area contributed by atoms with E-state index in [2.05, 4.69) is 31.2 Å². The van der Waals surface area contributed by atoms with E-state index in [9.17, 15) is 17.6 Å². The Morgan fingerprint density at radius 1 is 1.19 bits per heavy atom. The molecule has 0 unspecified atom stereocenters. The number of aromatic nitrogens is 2. The van der Waals surface area contributed by atoms with E-state index >= 15 is 0 Å². The molecule has 0 bridgehead atoms. The summed E-state index contributed by atoms with van der Waals surface area (Å²) in [5.41, 5.74) is 0.894. The van der Waals surface area contributed by atoms with Crippen molar-refractivity contribution in [3.05, 3.63) is 45.0 Å². The Bertz CT molecular complexity index is 691. The monoisotopic (exact) mass is 383 g/mol. The van der Waals surface area contributed by atoms with Gasteiger partial charge in [0.15, 0.2) is 0 Å². The average Bonchev–Trinajstić information content (AvgIpc) is 2.34. The first kappa shape index (κ1) is 16.0. The molecule has 0 spiro atoms. The number of hydrogen-bond donors (Lipinski definition) is 1. The van der Waals surface area contributed by atoms with Gasteiger partial charge in [-0.1, -0.05) is 11.6 Å². The molecule has 9 heteroatoms. The second-order valence-corrected chi connectivity index (χ2v) is 5.35. The smallest absolute Gasteiger partial charge is 0.340 e. The molecule has 0 aliphatic heterocycles. The molecule has 3 nitrogen and oxygen atoms in total. The van der Waals surface area contributed by atoms with Crippen molar-refractivity contribution in [1.82, 2.24) is 9.97 Å². The molecule has 0 saturated heterocycles. The lowest BCUT2D eigenvalue weighted by Crippen LogP contribution is -2.12. The maximum atomic E-state index is 13.5. The van der Waals surface area contributed by atoms with Crippen molar-refractivity contribution in [3.63, 3.8) is 0 Å². The summed E-state index contributed by atoms with van der Waals surface area (Å²) >= 11 is 8.56. The van der Waals surface area contributed by atoms with Gasteiger partial charge in [0.2, 0.25) is 5.82 Å². The minimum atomic E-state index is -4.72. The number of nitrogens with zero attached hydrogens (tertiary/aromatic N) is 2. The van der Waals surface area contributed by atoms with Crippen LogP contribution in [0.4, 0.5) is 29.1 Å². The third-order valence-corrected chi connectivity index (χ3v) is 3.28. The third-order valence-electron chi connectivity index (χ3n) is 2.48. The highest BCUT2D eigenvalue weighted by molar-refractivity contribution is 9.10. The van der Waals surface area contributed by atoms with Crippen LogP contribution in [0.3, 0.4) is 0 Å². The average molecular weight is 385 g/mol. The zero-order chi connectivity index (χ0) is 15.8. The van der Waals surface area contributed by atoms with Crippen LogP contribution in [0.1, 0.15) is 11.4 Å². The number of anilines is 2. The van der Waals surface area contributed by atoms with Crippen molar-refractivity contribution in [1.29, 1.82) is 0 Å². The molecule has 0 atom stereocenters. The van der Waals surface area contributed by atoms with Crippen LogP contribution in [0, 0.1) is 12.7 Å². The summed E-state index contributed by atoms with van der Waals surface area (Å²) in [6.45, 7) is 1.67. The highest BCUT2D eigenvalue weighted by Gasteiger charge is 2.35. The zero-order valence-electron chi connectivity index (χ0n) is 10.4. The second-order valence-electron chi connectivity index (χ2n) is 4.10. The van der Waals surface area contributed by atoms with E-state index < -0.39 is 17.8 Å². The van der Waals surface area contributed by atoms with Gasteiger partial charge < -0.3 is 5.32 Å². The fourth-order valence-corrected chi connectivity index (χ4v) is 2.17. The van der Waals surface area contributed by atoms with E-state index in [-0.39, 0.29) is 21.1 Å². The largest absolute Gasteiger partial charge is 0.451 e. The topological polar surface area (TPSA) is 37.8 Å². The summed E-state index contributed by atoms with van der Waals surface area (Å²) in [5, 5.41) is 2.23. The van der Waals surface area contributed by atoms with Gasteiger partial charge >= 0.3 is 6.18 Å². The van der Waals surface area contributed by atoms with Crippen LogP contribution in [0.25, 0.3) is 0 Å². The molecule has 1 aromatic carbocycles. The molecular formula is C12H7BrClF4N3. The van der Waals surface area contributed by atoms with Crippen molar-refractivity contribution in [2.75, 3.05) is 5.32 Å². The van der Waals surface area contributed by atoms with Crippen molar-refractivity contribution in [2.45, 2.75) is 13.1 Å². The first-order valence-electron chi connectivity index (χ1n) is 5.51. The summed E-state index contributed by atoms with van der Waals surface area (Å²) in [6.07, 6.45) is -4.72.